The van der Waals surface area contributed by atoms with Crippen LogP contribution in [0.1, 0.15) is 25.7 Å². The predicted molar refractivity (Wildman–Crippen MR) is 179 cm³/mol. The van der Waals surface area contributed by atoms with Gasteiger partial charge in [0.15, 0.2) is 0 Å². The van der Waals surface area contributed by atoms with Crippen LogP contribution in [0.3, 0.4) is 0 Å². The molecule has 0 saturated heterocycles. The number of aliphatic hydroxyl groups excluding tert-OH is 4. The monoisotopic (exact) mass is 914 g/mol. The summed E-state index contributed by atoms with van der Waals surface area (Å²) >= 11 is 0. The highest BCUT2D eigenvalue weighted by Gasteiger charge is 2.95. The summed E-state index contributed by atoms with van der Waals surface area (Å²) in [6.45, 7) is -2.08. The number of halogens is 17. The molecule has 0 aliphatic heterocycles. The van der Waals surface area contributed by atoms with Gasteiger partial charge in [-0.1, -0.05) is 36.4 Å². The van der Waals surface area contributed by atoms with E-state index >= 15 is 0 Å². The number of ether oxygens (including phenoxy) is 3. The van der Waals surface area contributed by atoms with Gasteiger partial charge in [0.2, 0.25) is 0 Å². The zero-order valence-corrected chi connectivity index (χ0v) is 30.8. The third kappa shape index (κ3) is 10.5. The van der Waals surface area contributed by atoms with E-state index < -0.39 is 98.9 Å². The third-order valence-corrected chi connectivity index (χ3v) is 8.82. The van der Waals surface area contributed by atoms with E-state index in [-0.39, 0.29) is 31.1 Å². The van der Waals surface area contributed by atoms with Crippen molar-refractivity contribution in [2.24, 2.45) is 0 Å². The molecule has 61 heavy (non-hydrogen) atoms. The fourth-order valence-electron chi connectivity index (χ4n) is 5.19. The van der Waals surface area contributed by atoms with Gasteiger partial charge in [0, 0.05) is 12.0 Å². The van der Waals surface area contributed by atoms with E-state index in [4.69, 9.17) is 24.4 Å². The molecule has 344 valence electrons. The predicted octanol–water partition coefficient (Wildman–Crippen LogP) is 9.43. The fraction of sp³-hybridized carbons (Fsp3) is 0.514. The van der Waals surface area contributed by atoms with Crippen molar-refractivity contribution >= 4 is 0 Å². The Bertz CT molecular complexity index is 1860. The maximum absolute atomic E-state index is 14.4. The minimum Gasteiger partial charge on any atom is -0.493 e. The summed E-state index contributed by atoms with van der Waals surface area (Å²) in [6.07, 6.45) is -15.0. The smallest absolute Gasteiger partial charge is 0.460 e. The largest absolute Gasteiger partial charge is 0.493 e. The van der Waals surface area contributed by atoms with Crippen LogP contribution in [0.4, 0.5) is 74.6 Å². The van der Waals surface area contributed by atoms with Gasteiger partial charge in [-0.3, -0.25) is 0 Å². The molecule has 2 atom stereocenters. The van der Waals surface area contributed by atoms with Crippen molar-refractivity contribution in [2.75, 3.05) is 33.0 Å². The molecule has 0 heterocycles. The molecule has 7 nitrogen and oxygen atoms in total. The van der Waals surface area contributed by atoms with Gasteiger partial charge in [-0.05, 0) is 66.3 Å². The third-order valence-electron chi connectivity index (χ3n) is 8.82. The van der Waals surface area contributed by atoms with Gasteiger partial charge in [-0.2, -0.15) is 74.6 Å². The summed E-state index contributed by atoms with van der Waals surface area (Å²) in [5.74, 6) is -56.0. The van der Waals surface area contributed by atoms with Crippen LogP contribution in [0.2, 0.25) is 0 Å². The quantitative estimate of drug-likeness (QED) is 0.0555. The van der Waals surface area contributed by atoms with Crippen molar-refractivity contribution in [3.8, 4) is 39.5 Å². The van der Waals surface area contributed by atoms with Gasteiger partial charge in [0.05, 0.1) is 19.8 Å². The molecule has 0 radical (unpaired) electrons. The lowest BCUT2D eigenvalue weighted by Crippen LogP contribution is -2.74. The Morgan fingerprint density at radius 2 is 0.852 bits per heavy atom. The van der Waals surface area contributed by atoms with E-state index in [0.717, 1.165) is 0 Å². The minimum atomic E-state index is -8.68. The standard InChI is InChI=1S/C37H35F17O7/c38-30(39,31(40,41)32(42,43)33(44,45)34(46,47)35(48,49)36(50,51)37(52,53)54)14-2-1-3-15-59-29-16-23(21-4-9-26(10-5-21)60-19-24(57)17-55)8-13-28(29)22-6-11-27(12-7-22)61-20-25(58)18-56/h4-13,16,24-25,55-58H,1-3,14-15,17-20H2. The molecule has 2 unspecified atom stereocenters. The molecular formula is C37H35F17O7. The van der Waals surface area contributed by atoms with Crippen LogP contribution in [-0.2, 0) is 0 Å². The van der Waals surface area contributed by atoms with Gasteiger partial charge in [-0.25, -0.2) is 0 Å². The Labute approximate surface area is 334 Å². The Morgan fingerprint density at radius 1 is 0.443 bits per heavy atom. The van der Waals surface area contributed by atoms with Crippen molar-refractivity contribution < 1.29 is 109 Å². The van der Waals surface area contributed by atoms with E-state index in [9.17, 15) is 84.9 Å². The van der Waals surface area contributed by atoms with E-state index in [0.29, 0.717) is 28.0 Å². The van der Waals surface area contributed by atoms with Crippen LogP contribution < -0.4 is 14.2 Å². The second-order valence-electron chi connectivity index (χ2n) is 13.4. The van der Waals surface area contributed by atoms with Gasteiger partial charge in [-0.15, -0.1) is 0 Å². The molecule has 3 aromatic rings. The maximum atomic E-state index is 14.4. The molecule has 0 spiro atoms. The molecule has 0 aliphatic carbocycles. The Balaban J connectivity index is 1.78. The van der Waals surface area contributed by atoms with Crippen molar-refractivity contribution in [1.82, 2.24) is 0 Å². The fourth-order valence-corrected chi connectivity index (χ4v) is 5.19. The molecule has 3 aromatic carbocycles. The second kappa shape index (κ2) is 19.0. The van der Waals surface area contributed by atoms with Gasteiger partial charge >= 0.3 is 47.6 Å². The summed E-state index contributed by atoms with van der Waals surface area (Å²) in [6, 6.07) is 16.9. The average molecular weight is 915 g/mol. The first-order chi connectivity index (χ1) is 27.9. The van der Waals surface area contributed by atoms with Gasteiger partial charge in [0.25, 0.3) is 0 Å². The zero-order valence-electron chi connectivity index (χ0n) is 30.8. The summed E-state index contributed by atoms with van der Waals surface area (Å²) < 4.78 is 248. The Morgan fingerprint density at radius 3 is 1.30 bits per heavy atom. The highest BCUT2D eigenvalue weighted by Crippen LogP contribution is 2.64. The zero-order chi connectivity index (χ0) is 46.5. The normalized spacial score (nSPS) is 14.8. The molecule has 4 N–H and O–H groups in total. The first kappa shape index (κ1) is 51.1. The van der Waals surface area contributed by atoms with Crippen LogP contribution in [0.15, 0.2) is 66.7 Å². The number of aliphatic hydroxyl groups is 4. The molecule has 24 heteroatoms. The summed E-state index contributed by atoms with van der Waals surface area (Å²) in [7, 11) is 0. The number of unbranched alkanes of at least 4 members (excludes halogenated alkanes) is 2. The van der Waals surface area contributed by atoms with E-state index in [1.54, 1.807) is 24.3 Å². The van der Waals surface area contributed by atoms with Gasteiger partial charge in [0.1, 0.15) is 42.7 Å². The summed E-state index contributed by atoms with van der Waals surface area (Å²) in [5, 5.41) is 36.9. The number of alkyl halides is 17. The van der Waals surface area contributed by atoms with E-state index in [1.165, 1.54) is 42.5 Å². The molecule has 0 aliphatic rings. The molecule has 0 fully saturated rings. The minimum absolute atomic E-state index is 0.0841. The first-order valence-corrected chi connectivity index (χ1v) is 17.5. The van der Waals surface area contributed by atoms with Crippen molar-refractivity contribution in [3.05, 3.63) is 66.7 Å². The molecule has 0 amide bonds. The Hall–Kier alpha value is -4.29. The second-order valence-corrected chi connectivity index (χ2v) is 13.4. The highest BCUT2D eigenvalue weighted by atomic mass is 19.4. The van der Waals surface area contributed by atoms with E-state index in [2.05, 4.69) is 0 Å². The molecule has 3 rings (SSSR count). The number of benzene rings is 3. The first-order valence-electron chi connectivity index (χ1n) is 17.5. The maximum Gasteiger partial charge on any atom is 0.460 e. The Kier molecular flexibility index (Phi) is 15.9. The molecular weight excluding hydrogens is 879 g/mol. The van der Waals surface area contributed by atoms with Crippen molar-refractivity contribution in [3.63, 3.8) is 0 Å². The number of rotatable bonds is 23. The highest BCUT2D eigenvalue weighted by molar-refractivity contribution is 5.76. The van der Waals surface area contributed by atoms with Crippen LogP contribution >= 0.6 is 0 Å². The van der Waals surface area contributed by atoms with Crippen molar-refractivity contribution in [2.45, 2.75) is 85.5 Å². The topological polar surface area (TPSA) is 109 Å². The van der Waals surface area contributed by atoms with Crippen LogP contribution in [0.5, 0.6) is 17.2 Å². The van der Waals surface area contributed by atoms with Crippen LogP contribution in [0, 0.1) is 0 Å². The summed E-state index contributed by atoms with van der Waals surface area (Å²) in [4.78, 5) is 0. The molecule has 0 bridgehead atoms. The number of hydrogen-bond donors (Lipinski definition) is 4. The van der Waals surface area contributed by atoms with Crippen molar-refractivity contribution in [1.29, 1.82) is 0 Å². The molecule has 0 saturated carbocycles. The SMILES string of the molecule is OCC(O)COc1ccc(-c2ccc(-c3ccc(OCC(O)CO)cc3)c(OCCCCCC(F)(F)C(F)(F)C(F)(F)C(F)(F)C(F)(F)C(F)(F)C(F)(F)C(F)(F)F)c2)cc1. The lowest BCUT2D eigenvalue weighted by molar-refractivity contribution is -0.461. The lowest BCUT2D eigenvalue weighted by atomic mass is 9.88. The summed E-state index contributed by atoms with van der Waals surface area (Å²) in [5.41, 5.74) is 1.88. The van der Waals surface area contributed by atoms with Gasteiger partial charge < -0.3 is 34.6 Å². The average Bonchev–Trinajstić information content (AvgIpc) is 3.19. The lowest BCUT2D eigenvalue weighted by Gasteiger charge is -2.42. The van der Waals surface area contributed by atoms with E-state index in [1.807, 2.05) is 0 Å². The molecule has 0 aromatic heterocycles. The van der Waals surface area contributed by atoms with Crippen LogP contribution in [0.25, 0.3) is 22.3 Å². The number of hydrogen-bond acceptors (Lipinski definition) is 7. The van der Waals surface area contributed by atoms with Crippen LogP contribution in [-0.4, -0.2) is 113 Å².